The molecule has 0 fully saturated rings. The van der Waals surface area contributed by atoms with Crippen molar-refractivity contribution in [3.05, 3.63) is 17.8 Å². The molecule has 5 heteroatoms. The Kier molecular flexibility index (Phi) is 4.19. The largest absolute Gasteiger partial charge is 0.397 e. The van der Waals surface area contributed by atoms with E-state index in [1.807, 2.05) is 13.0 Å². The van der Waals surface area contributed by atoms with Gasteiger partial charge in [0.1, 0.15) is 0 Å². The highest BCUT2D eigenvalue weighted by atomic mass is 32.2. The Balaban J connectivity index is 2.59. The van der Waals surface area contributed by atoms with Crippen LogP contribution in [0.3, 0.4) is 0 Å². The van der Waals surface area contributed by atoms with Gasteiger partial charge in [-0.05, 0) is 18.6 Å². The van der Waals surface area contributed by atoms with Crippen LogP contribution in [0.15, 0.2) is 17.3 Å². The van der Waals surface area contributed by atoms with E-state index in [9.17, 15) is 0 Å². The predicted octanol–water partition coefficient (Wildman–Crippen LogP) is 0.418. The number of nitrogens with zero attached hydrogens (tertiary/aromatic N) is 1. The van der Waals surface area contributed by atoms with Crippen LogP contribution in [0.25, 0.3) is 0 Å². The number of aliphatic hydroxyl groups excluding tert-OH is 2. The second-order valence-electron chi connectivity index (χ2n) is 3.04. The van der Waals surface area contributed by atoms with Gasteiger partial charge in [-0.1, -0.05) is 0 Å². The fourth-order valence-electron chi connectivity index (χ4n) is 0.963. The number of nitrogens with two attached hydrogens (primary N) is 1. The lowest BCUT2D eigenvalue weighted by Crippen LogP contribution is -2.14. The molecule has 1 atom stereocenters. The van der Waals surface area contributed by atoms with E-state index in [-0.39, 0.29) is 6.61 Å². The zero-order valence-corrected chi connectivity index (χ0v) is 8.79. The fraction of sp³-hybridized carbons (Fsp3) is 0.444. The van der Waals surface area contributed by atoms with Gasteiger partial charge < -0.3 is 15.9 Å². The molecule has 0 aliphatic carbocycles. The molecule has 14 heavy (non-hydrogen) atoms. The molecule has 0 saturated heterocycles. The highest BCUT2D eigenvalue weighted by molar-refractivity contribution is 7.99. The van der Waals surface area contributed by atoms with Gasteiger partial charge in [0, 0.05) is 5.75 Å². The van der Waals surface area contributed by atoms with Gasteiger partial charge in [0.05, 0.1) is 29.6 Å². The maximum atomic E-state index is 9.14. The van der Waals surface area contributed by atoms with E-state index in [1.165, 1.54) is 11.8 Å². The number of aryl methyl sites for hydroxylation is 1. The van der Waals surface area contributed by atoms with Crippen LogP contribution < -0.4 is 5.73 Å². The minimum Gasteiger partial charge on any atom is -0.397 e. The Bertz CT molecular complexity index is 307. The van der Waals surface area contributed by atoms with E-state index in [2.05, 4.69) is 4.98 Å². The summed E-state index contributed by atoms with van der Waals surface area (Å²) < 4.78 is 0. The molecule has 1 heterocycles. The molecule has 4 nitrogen and oxygen atoms in total. The van der Waals surface area contributed by atoms with Crippen LogP contribution >= 0.6 is 11.8 Å². The number of thioether (sulfide) groups is 1. The molecular formula is C9H14N2O2S. The molecule has 1 rings (SSSR count). The Morgan fingerprint density at radius 2 is 2.36 bits per heavy atom. The molecule has 0 aromatic carbocycles. The van der Waals surface area contributed by atoms with Crippen molar-refractivity contribution in [1.29, 1.82) is 0 Å². The Morgan fingerprint density at radius 1 is 1.64 bits per heavy atom. The first-order valence-electron chi connectivity index (χ1n) is 4.27. The van der Waals surface area contributed by atoms with Crippen molar-refractivity contribution in [2.45, 2.75) is 18.1 Å². The average Bonchev–Trinajstić information content (AvgIpc) is 2.16. The maximum Gasteiger partial charge on any atom is 0.0991 e. The highest BCUT2D eigenvalue weighted by Gasteiger charge is 2.06. The molecule has 0 aliphatic rings. The minimum atomic E-state index is -0.696. The number of hydrogen-bond donors (Lipinski definition) is 3. The molecular weight excluding hydrogens is 200 g/mol. The fourth-order valence-corrected chi connectivity index (χ4v) is 1.83. The molecule has 0 spiro atoms. The van der Waals surface area contributed by atoms with Crippen molar-refractivity contribution in [1.82, 2.24) is 4.98 Å². The molecule has 1 aromatic heterocycles. The van der Waals surface area contributed by atoms with E-state index < -0.39 is 6.10 Å². The summed E-state index contributed by atoms with van der Waals surface area (Å²) in [5, 5.41) is 18.6. The summed E-state index contributed by atoms with van der Waals surface area (Å²) in [7, 11) is 0. The summed E-state index contributed by atoms with van der Waals surface area (Å²) >= 11 is 1.41. The molecule has 1 unspecified atom stereocenters. The van der Waals surface area contributed by atoms with E-state index in [0.717, 1.165) is 10.6 Å². The van der Waals surface area contributed by atoms with Crippen LogP contribution in [-0.4, -0.2) is 33.7 Å². The molecule has 0 bridgehead atoms. The van der Waals surface area contributed by atoms with E-state index >= 15 is 0 Å². The van der Waals surface area contributed by atoms with Crippen molar-refractivity contribution in [2.75, 3.05) is 18.1 Å². The molecule has 0 amide bonds. The smallest absolute Gasteiger partial charge is 0.0991 e. The monoisotopic (exact) mass is 214 g/mol. The van der Waals surface area contributed by atoms with Crippen LogP contribution in [0.5, 0.6) is 0 Å². The van der Waals surface area contributed by atoms with Crippen LogP contribution in [0.4, 0.5) is 5.69 Å². The summed E-state index contributed by atoms with van der Waals surface area (Å²) in [5.74, 6) is 0.439. The van der Waals surface area contributed by atoms with Crippen molar-refractivity contribution in [2.24, 2.45) is 0 Å². The average molecular weight is 214 g/mol. The van der Waals surface area contributed by atoms with Gasteiger partial charge >= 0.3 is 0 Å². The van der Waals surface area contributed by atoms with Gasteiger partial charge in [-0.2, -0.15) is 0 Å². The van der Waals surface area contributed by atoms with Gasteiger partial charge in [0.2, 0.25) is 0 Å². The number of nitrogen functional groups attached to an aromatic ring is 1. The van der Waals surface area contributed by atoms with Crippen molar-refractivity contribution < 1.29 is 10.2 Å². The third-order valence-corrected chi connectivity index (χ3v) is 2.93. The lowest BCUT2D eigenvalue weighted by atomic mass is 10.3. The van der Waals surface area contributed by atoms with Crippen LogP contribution in [-0.2, 0) is 0 Å². The topological polar surface area (TPSA) is 79.4 Å². The van der Waals surface area contributed by atoms with Gasteiger partial charge in [0.25, 0.3) is 0 Å². The minimum absolute atomic E-state index is 0.221. The molecule has 0 radical (unpaired) electrons. The lowest BCUT2D eigenvalue weighted by Gasteiger charge is -2.08. The first-order chi connectivity index (χ1) is 6.63. The van der Waals surface area contributed by atoms with Crippen molar-refractivity contribution >= 4 is 17.4 Å². The van der Waals surface area contributed by atoms with Crippen LogP contribution in [0.1, 0.15) is 5.56 Å². The van der Waals surface area contributed by atoms with Crippen molar-refractivity contribution in [3.63, 3.8) is 0 Å². The second kappa shape index (κ2) is 5.19. The third-order valence-electron chi connectivity index (χ3n) is 1.67. The maximum absolute atomic E-state index is 9.14. The Hall–Kier alpha value is -0.780. The van der Waals surface area contributed by atoms with Crippen LogP contribution in [0.2, 0.25) is 0 Å². The van der Waals surface area contributed by atoms with Gasteiger partial charge in [0.15, 0.2) is 0 Å². The highest BCUT2D eigenvalue weighted by Crippen LogP contribution is 2.21. The molecule has 0 saturated carbocycles. The lowest BCUT2D eigenvalue weighted by molar-refractivity contribution is 0.113. The van der Waals surface area contributed by atoms with E-state index in [4.69, 9.17) is 15.9 Å². The van der Waals surface area contributed by atoms with E-state index in [1.54, 1.807) is 6.20 Å². The van der Waals surface area contributed by atoms with Crippen molar-refractivity contribution in [3.8, 4) is 0 Å². The van der Waals surface area contributed by atoms with Gasteiger partial charge in [-0.15, -0.1) is 11.8 Å². The predicted molar refractivity (Wildman–Crippen MR) is 57.2 cm³/mol. The van der Waals surface area contributed by atoms with Gasteiger partial charge in [-0.25, -0.2) is 4.98 Å². The number of rotatable bonds is 4. The Morgan fingerprint density at radius 3 is 2.93 bits per heavy atom. The normalized spacial score (nSPS) is 12.8. The first-order valence-corrected chi connectivity index (χ1v) is 5.26. The second-order valence-corrected chi connectivity index (χ2v) is 4.05. The van der Waals surface area contributed by atoms with Gasteiger partial charge in [-0.3, -0.25) is 0 Å². The molecule has 0 aliphatic heterocycles. The summed E-state index contributed by atoms with van der Waals surface area (Å²) in [6, 6.07) is 1.83. The summed E-state index contributed by atoms with van der Waals surface area (Å²) in [4.78, 5) is 4.13. The van der Waals surface area contributed by atoms with Crippen LogP contribution in [0, 0.1) is 6.92 Å². The number of pyridine rings is 1. The zero-order chi connectivity index (χ0) is 10.6. The zero-order valence-electron chi connectivity index (χ0n) is 7.97. The standard InChI is InChI=1S/C9H14N2O2S/c1-6-2-7(10)3-11-9(6)14-5-8(13)4-12/h2-3,8,12-13H,4-5,10H2,1H3. The Labute approximate surface area is 87.2 Å². The molecule has 78 valence electrons. The number of hydrogen-bond acceptors (Lipinski definition) is 5. The number of aromatic nitrogens is 1. The summed E-state index contributed by atoms with van der Waals surface area (Å²) in [6.07, 6.45) is 0.888. The summed E-state index contributed by atoms with van der Waals surface area (Å²) in [5.41, 5.74) is 7.17. The molecule has 4 N–H and O–H groups in total. The first kappa shape index (κ1) is 11.3. The SMILES string of the molecule is Cc1cc(N)cnc1SCC(O)CO. The molecule has 1 aromatic rings. The quantitative estimate of drug-likeness (QED) is 0.633. The number of aliphatic hydroxyl groups is 2. The van der Waals surface area contributed by atoms with E-state index in [0.29, 0.717) is 11.4 Å². The third kappa shape index (κ3) is 3.17. The number of anilines is 1. The summed E-state index contributed by atoms with van der Waals surface area (Å²) in [6.45, 7) is 1.69.